The van der Waals surface area contributed by atoms with Crippen molar-refractivity contribution in [3.8, 4) is 0 Å². The summed E-state index contributed by atoms with van der Waals surface area (Å²) in [5.41, 5.74) is 1.13. The third-order valence-corrected chi connectivity index (χ3v) is 3.61. The highest BCUT2D eigenvalue weighted by atomic mass is 35.5. The number of carbonyl (C=O) groups excluding carboxylic acids is 2. The average Bonchev–Trinajstić information content (AvgIpc) is 2.59. The van der Waals surface area contributed by atoms with E-state index in [1.165, 1.54) is 7.11 Å². The van der Waals surface area contributed by atoms with Crippen molar-refractivity contribution < 1.29 is 14.3 Å². The normalized spacial score (nSPS) is 10.2. The van der Waals surface area contributed by atoms with Gasteiger partial charge in [-0.3, -0.25) is 14.6 Å². The Balaban J connectivity index is 2.20. The maximum atomic E-state index is 12.7. The van der Waals surface area contributed by atoms with Crippen LogP contribution < -0.4 is 0 Å². The van der Waals surface area contributed by atoms with E-state index in [1.54, 1.807) is 41.4 Å². The highest BCUT2D eigenvalue weighted by Gasteiger charge is 2.20. The van der Waals surface area contributed by atoms with Crippen LogP contribution in [0.15, 0.2) is 48.7 Å². The summed E-state index contributed by atoms with van der Waals surface area (Å²) in [6.45, 7) is 0.523. The van der Waals surface area contributed by atoms with Crippen LogP contribution in [0, 0.1) is 0 Å². The third kappa shape index (κ3) is 4.79. The molecular formula is C17H17ClN2O3. The summed E-state index contributed by atoms with van der Waals surface area (Å²) in [6, 6.07) is 12.3. The molecule has 0 radical (unpaired) electrons. The SMILES string of the molecule is COC(=O)CCN(Cc1ccccn1)C(=O)c1ccccc1Cl. The quantitative estimate of drug-likeness (QED) is 0.763. The highest BCUT2D eigenvalue weighted by molar-refractivity contribution is 6.33. The molecule has 0 aliphatic carbocycles. The van der Waals surface area contributed by atoms with Gasteiger partial charge in [-0.2, -0.15) is 0 Å². The molecule has 1 aromatic heterocycles. The molecule has 0 bridgehead atoms. The predicted molar refractivity (Wildman–Crippen MR) is 87.1 cm³/mol. The van der Waals surface area contributed by atoms with Crippen LogP contribution in [0.3, 0.4) is 0 Å². The van der Waals surface area contributed by atoms with Crippen molar-refractivity contribution in [1.82, 2.24) is 9.88 Å². The number of benzene rings is 1. The van der Waals surface area contributed by atoms with Crippen LogP contribution in [0.2, 0.25) is 5.02 Å². The summed E-state index contributed by atoms with van der Waals surface area (Å²) in [4.78, 5) is 29.9. The number of carbonyl (C=O) groups is 2. The molecule has 0 spiro atoms. The van der Waals surface area contributed by atoms with Crippen LogP contribution in [0.1, 0.15) is 22.5 Å². The second-order valence-corrected chi connectivity index (χ2v) is 5.26. The van der Waals surface area contributed by atoms with Crippen molar-refractivity contribution >= 4 is 23.5 Å². The van der Waals surface area contributed by atoms with Gasteiger partial charge in [-0.05, 0) is 24.3 Å². The van der Waals surface area contributed by atoms with Crippen LogP contribution in [0.5, 0.6) is 0 Å². The molecule has 0 aliphatic rings. The molecule has 1 aromatic carbocycles. The molecular weight excluding hydrogens is 316 g/mol. The largest absolute Gasteiger partial charge is 0.469 e. The lowest BCUT2D eigenvalue weighted by Gasteiger charge is -2.22. The van der Waals surface area contributed by atoms with Crippen LogP contribution >= 0.6 is 11.6 Å². The molecule has 0 unspecified atom stereocenters. The minimum atomic E-state index is -0.372. The van der Waals surface area contributed by atoms with Gasteiger partial charge in [0.25, 0.3) is 5.91 Å². The van der Waals surface area contributed by atoms with Crippen LogP contribution in [-0.4, -0.2) is 35.4 Å². The maximum Gasteiger partial charge on any atom is 0.307 e. The maximum absolute atomic E-state index is 12.7. The van der Waals surface area contributed by atoms with E-state index in [4.69, 9.17) is 11.6 Å². The van der Waals surface area contributed by atoms with Gasteiger partial charge < -0.3 is 9.64 Å². The minimum Gasteiger partial charge on any atom is -0.469 e. The molecule has 0 N–H and O–H groups in total. The van der Waals surface area contributed by atoms with E-state index < -0.39 is 0 Å². The fourth-order valence-electron chi connectivity index (χ4n) is 2.07. The molecule has 0 atom stereocenters. The Bertz CT molecular complexity index is 677. The number of nitrogens with zero attached hydrogens (tertiary/aromatic N) is 2. The van der Waals surface area contributed by atoms with Gasteiger partial charge in [0.05, 0.1) is 36.4 Å². The summed E-state index contributed by atoms with van der Waals surface area (Å²) in [5.74, 6) is -0.617. The first kappa shape index (κ1) is 17.0. The van der Waals surface area contributed by atoms with Gasteiger partial charge in [-0.25, -0.2) is 0 Å². The Hall–Kier alpha value is -2.40. The molecule has 0 fully saturated rings. The van der Waals surface area contributed by atoms with Gasteiger partial charge >= 0.3 is 5.97 Å². The number of methoxy groups -OCH3 is 1. The predicted octanol–water partition coefficient (Wildman–Crippen LogP) is 2.94. The molecule has 120 valence electrons. The standard InChI is InChI=1S/C17H17ClN2O3/c1-23-16(21)9-11-20(12-13-6-4-5-10-19-13)17(22)14-7-2-3-8-15(14)18/h2-8,10H,9,11-12H2,1H3. The molecule has 6 heteroatoms. The third-order valence-electron chi connectivity index (χ3n) is 3.28. The molecule has 1 heterocycles. The number of aromatic nitrogens is 1. The van der Waals surface area contributed by atoms with Crippen molar-refractivity contribution in [3.05, 3.63) is 64.9 Å². The molecule has 5 nitrogen and oxygen atoms in total. The van der Waals surface area contributed by atoms with Crippen molar-refractivity contribution in [3.63, 3.8) is 0 Å². The summed E-state index contributed by atoms with van der Waals surface area (Å²) in [5, 5.41) is 0.376. The number of ether oxygens (including phenoxy) is 1. The number of hydrogen-bond acceptors (Lipinski definition) is 4. The highest BCUT2D eigenvalue weighted by Crippen LogP contribution is 2.18. The van der Waals surface area contributed by atoms with Gasteiger partial charge in [0.2, 0.25) is 0 Å². The molecule has 0 saturated carbocycles. The number of amides is 1. The summed E-state index contributed by atoms with van der Waals surface area (Å²) in [6.07, 6.45) is 1.77. The van der Waals surface area contributed by atoms with Crippen LogP contribution in [-0.2, 0) is 16.1 Å². The second-order valence-electron chi connectivity index (χ2n) is 4.85. The fourth-order valence-corrected chi connectivity index (χ4v) is 2.29. The second kappa shape index (κ2) is 8.29. The molecule has 2 aromatic rings. The van der Waals surface area contributed by atoms with Crippen LogP contribution in [0.25, 0.3) is 0 Å². The Labute approximate surface area is 139 Å². The Morgan fingerprint density at radius 1 is 1.17 bits per heavy atom. The lowest BCUT2D eigenvalue weighted by Crippen LogP contribution is -2.33. The van der Waals surface area contributed by atoms with E-state index >= 15 is 0 Å². The number of hydrogen-bond donors (Lipinski definition) is 0. The molecule has 2 rings (SSSR count). The average molecular weight is 333 g/mol. The number of pyridine rings is 1. The topological polar surface area (TPSA) is 59.5 Å². The van der Waals surface area contributed by atoms with Gasteiger partial charge in [0, 0.05) is 12.7 Å². The monoisotopic (exact) mass is 332 g/mol. The first-order valence-corrected chi connectivity index (χ1v) is 7.50. The first-order chi connectivity index (χ1) is 11.1. The van der Waals surface area contributed by atoms with Crippen molar-refractivity contribution in [2.24, 2.45) is 0 Å². The van der Waals surface area contributed by atoms with E-state index in [-0.39, 0.29) is 24.8 Å². The van der Waals surface area contributed by atoms with Gasteiger partial charge in [0.15, 0.2) is 0 Å². The Morgan fingerprint density at radius 2 is 1.91 bits per heavy atom. The van der Waals surface area contributed by atoms with E-state index in [1.807, 2.05) is 12.1 Å². The van der Waals surface area contributed by atoms with E-state index in [0.717, 1.165) is 5.69 Å². The number of esters is 1. The Morgan fingerprint density at radius 3 is 2.57 bits per heavy atom. The van der Waals surface area contributed by atoms with Gasteiger partial charge in [-0.1, -0.05) is 29.8 Å². The van der Waals surface area contributed by atoms with Crippen LogP contribution in [0.4, 0.5) is 0 Å². The summed E-state index contributed by atoms with van der Waals surface area (Å²) < 4.78 is 4.64. The number of rotatable bonds is 6. The minimum absolute atomic E-state index is 0.111. The zero-order valence-electron chi connectivity index (χ0n) is 12.7. The van der Waals surface area contributed by atoms with E-state index in [2.05, 4.69) is 9.72 Å². The molecule has 0 saturated heterocycles. The van der Waals surface area contributed by atoms with Crippen molar-refractivity contribution in [1.29, 1.82) is 0 Å². The lowest BCUT2D eigenvalue weighted by atomic mass is 10.2. The van der Waals surface area contributed by atoms with E-state index in [9.17, 15) is 9.59 Å². The summed E-state index contributed by atoms with van der Waals surface area (Å²) >= 11 is 6.10. The zero-order chi connectivity index (χ0) is 16.7. The number of halogens is 1. The summed E-state index contributed by atoms with van der Waals surface area (Å²) in [7, 11) is 1.32. The van der Waals surface area contributed by atoms with Crippen molar-refractivity contribution in [2.75, 3.05) is 13.7 Å². The lowest BCUT2D eigenvalue weighted by molar-refractivity contribution is -0.140. The van der Waals surface area contributed by atoms with Gasteiger partial charge in [-0.15, -0.1) is 0 Å². The van der Waals surface area contributed by atoms with Gasteiger partial charge in [0.1, 0.15) is 0 Å². The molecule has 1 amide bonds. The Kier molecular flexibility index (Phi) is 6.11. The molecule has 23 heavy (non-hydrogen) atoms. The smallest absolute Gasteiger partial charge is 0.307 e. The zero-order valence-corrected chi connectivity index (χ0v) is 13.5. The first-order valence-electron chi connectivity index (χ1n) is 7.12. The van der Waals surface area contributed by atoms with E-state index in [0.29, 0.717) is 17.1 Å². The fraction of sp³-hybridized carbons (Fsp3) is 0.235. The van der Waals surface area contributed by atoms with Crippen molar-refractivity contribution in [2.45, 2.75) is 13.0 Å². The molecule has 0 aliphatic heterocycles.